The number of carbonyl (C=O) groups excluding carboxylic acids is 2. The van der Waals surface area contributed by atoms with Crippen LogP contribution in [0, 0.1) is 20.7 Å². The number of benzene rings is 2. The lowest BCUT2D eigenvalue weighted by molar-refractivity contribution is -0.150. The maximum absolute atomic E-state index is 15.1. The van der Waals surface area contributed by atoms with Crippen molar-refractivity contribution in [2.24, 2.45) is 11.3 Å². The maximum atomic E-state index is 15.1. The molecule has 0 bridgehead atoms. The van der Waals surface area contributed by atoms with Gasteiger partial charge in [0.2, 0.25) is 0 Å². The molecule has 0 radical (unpaired) electrons. The Morgan fingerprint density at radius 2 is 1.76 bits per heavy atom. The molecular formula is C28H28F4I2N2O6. The Labute approximate surface area is 266 Å². The molecule has 0 spiro atoms. The highest BCUT2D eigenvalue weighted by Gasteiger charge is 2.42. The average Bonchev–Trinajstić information content (AvgIpc) is 2.92. The van der Waals surface area contributed by atoms with Gasteiger partial charge < -0.3 is 19.9 Å². The highest BCUT2D eigenvalue weighted by atomic mass is 127. The number of ether oxygens (including phenoxy) is 2. The molecular weight excluding hydrogens is 790 g/mol. The Morgan fingerprint density at radius 3 is 2.31 bits per heavy atom. The van der Waals surface area contributed by atoms with Crippen molar-refractivity contribution in [1.29, 1.82) is 0 Å². The topological polar surface area (TPSA) is 105 Å². The number of carboxylic acids is 1. The molecule has 2 aromatic rings. The van der Waals surface area contributed by atoms with Gasteiger partial charge in [0, 0.05) is 43.8 Å². The summed E-state index contributed by atoms with van der Waals surface area (Å²) in [6.45, 7) is 1.66. The zero-order valence-electron chi connectivity index (χ0n) is 22.6. The molecule has 42 heavy (non-hydrogen) atoms. The van der Waals surface area contributed by atoms with Gasteiger partial charge in [0.15, 0.2) is 11.6 Å². The third kappa shape index (κ3) is 6.89. The van der Waals surface area contributed by atoms with Gasteiger partial charge in [-0.3, -0.25) is 14.4 Å². The van der Waals surface area contributed by atoms with Gasteiger partial charge in [-0.25, -0.2) is 4.39 Å². The second kappa shape index (κ2) is 12.7. The number of methoxy groups -OCH3 is 1. The lowest BCUT2D eigenvalue weighted by Gasteiger charge is -2.37. The molecule has 228 valence electrons. The average molecular weight is 818 g/mol. The van der Waals surface area contributed by atoms with Crippen molar-refractivity contribution >= 4 is 68.7 Å². The minimum absolute atomic E-state index is 0.0677. The van der Waals surface area contributed by atoms with E-state index in [0.717, 1.165) is 34.7 Å². The first-order valence-electron chi connectivity index (χ1n) is 13.1. The quantitative estimate of drug-likeness (QED) is 0.126. The Hall–Kier alpha value is -2.37. The van der Waals surface area contributed by atoms with E-state index in [1.165, 1.54) is 25.3 Å². The number of carbonyl (C=O) groups is 3. The van der Waals surface area contributed by atoms with Gasteiger partial charge in [-0.05, 0) is 92.3 Å². The molecule has 0 aromatic heterocycles. The van der Waals surface area contributed by atoms with Gasteiger partial charge in [-0.2, -0.15) is 8.78 Å². The van der Waals surface area contributed by atoms with Crippen LogP contribution in [0.1, 0.15) is 61.4 Å². The number of alkyl halides is 3. The van der Waals surface area contributed by atoms with Crippen LogP contribution in [-0.2, 0) is 13.5 Å². The van der Waals surface area contributed by atoms with Gasteiger partial charge in [-0.15, -0.1) is 5.12 Å². The number of rotatable bonds is 9. The summed E-state index contributed by atoms with van der Waals surface area (Å²) >= 11 is 2.64. The van der Waals surface area contributed by atoms with E-state index in [1.54, 1.807) is 29.5 Å². The summed E-state index contributed by atoms with van der Waals surface area (Å²) in [5.41, 5.74) is -1.73. The van der Waals surface area contributed by atoms with Crippen LogP contribution in [0.25, 0.3) is 0 Å². The Morgan fingerprint density at radius 1 is 1.10 bits per heavy atom. The number of hydrogen-bond acceptors (Lipinski definition) is 5. The molecule has 0 heterocycles. The van der Waals surface area contributed by atoms with Gasteiger partial charge in [0.1, 0.15) is 5.75 Å². The number of halogens is 6. The number of nitrogens with one attached hydrogen (secondary N) is 1. The van der Waals surface area contributed by atoms with Crippen molar-refractivity contribution < 1.29 is 46.6 Å². The predicted molar refractivity (Wildman–Crippen MR) is 161 cm³/mol. The Bertz CT molecular complexity index is 1380. The fourth-order valence-electron chi connectivity index (χ4n) is 5.05. The highest BCUT2D eigenvalue weighted by Crippen LogP contribution is 2.41. The molecule has 2 aliphatic carbocycles. The summed E-state index contributed by atoms with van der Waals surface area (Å²) in [5.74, 6) is -4.60. The third-order valence-electron chi connectivity index (χ3n) is 7.93. The van der Waals surface area contributed by atoms with E-state index in [4.69, 9.17) is 9.47 Å². The lowest BCUT2D eigenvalue weighted by atomic mass is 9.75. The van der Waals surface area contributed by atoms with Gasteiger partial charge in [-0.1, -0.05) is 4.48 Å². The molecule has 2 amide bonds. The molecule has 2 atom stereocenters. The first-order valence-corrected chi connectivity index (χ1v) is 15.3. The molecule has 2 saturated carbocycles. The monoisotopic (exact) mass is 818 g/mol. The van der Waals surface area contributed by atoms with E-state index in [-0.39, 0.29) is 37.9 Å². The predicted octanol–water partition coefficient (Wildman–Crippen LogP) is 6.76. The van der Waals surface area contributed by atoms with Crippen molar-refractivity contribution in [3.63, 3.8) is 0 Å². The zero-order valence-corrected chi connectivity index (χ0v) is 26.9. The first kappa shape index (κ1) is 32.5. The van der Waals surface area contributed by atoms with Gasteiger partial charge >= 0.3 is 9.90 Å². The number of hydrogen-bond donors (Lipinski definition) is 2. The summed E-state index contributed by atoms with van der Waals surface area (Å²) in [5, 5.41) is 11.9. The molecule has 2 fully saturated rings. The minimum Gasteiger partial charge on any atom is -0.496 e. The molecule has 0 unspecified atom stereocenters. The number of amides is 2. The van der Waals surface area contributed by atoms with Crippen LogP contribution in [0.5, 0.6) is 11.5 Å². The molecule has 2 aromatic carbocycles. The van der Waals surface area contributed by atoms with E-state index in [1.807, 2.05) is 0 Å². The van der Waals surface area contributed by atoms with E-state index in [0.29, 0.717) is 32.1 Å². The zero-order chi connectivity index (χ0) is 31.0. The second-order valence-electron chi connectivity index (χ2n) is 10.7. The summed E-state index contributed by atoms with van der Waals surface area (Å²) in [6.07, 6.45) is 1.65. The fraction of sp³-hybridized carbons (Fsp3) is 0.464. The standard InChI is InChI=1S/C28H28F4I2N2O6/c1-27(26(39)40)9-7-15(8-10-27)42-23-12-17(22(41-2)13-19(23)29)24(37)35-21-6-4-16(21)25(38)36(32)14-3-5-20(33)18(11-14)28(30,31)34/h3,5,11-13,15-16,21H,4,6-10H2,1-2H3,(H,35,37)(H,39,40)/t15-,16-,21+,27+/m0/s1. The number of nitrogens with zero attached hydrogens (tertiary/aromatic N) is 1. The van der Waals surface area contributed by atoms with Crippen molar-refractivity contribution in [3.05, 3.63) is 50.8 Å². The first-order chi connectivity index (χ1) is 19.6. The van der Waals surface area contributed by atoms with Crippen LogP contribution in [0.2, 0.25) is 0 Å². The molecule has 2 aliphatic rings. The normalized spacial score (nSPS) is 23.9. The minimum atomic E-state index is -3.27. The van der Waals surface area contributed by atoms with E-state index in [9.17, 15) is 32.7 Å². The highest BCUT2D eigenvalue weighted by molar-refractivity contribution is 14.1. The second-order valence-corrected chi connectivity index (χ2v) is 13.2. The fourth-order valence-corrected chi connectivity index (χ4v) is 6.69. The van der Waals surface area contributed by atoms with Crippen LogP contribution in [-0.4, -0.2) is 42.1 Å². The summed E-state index contributed by atoms with van der Waals surface area (Å²) in [4.78, 5) is 37.6. The Balaban J connectivity index is 1.45. The van der Waals surface area contributed by atoms with Crippen LogP contribution in [0.4, 0.5) is 23.3 Å². The van der Waals surface area contributed by atoms with E-state index in [2.05, 4.69) is 5.32 Å². The molecule has 14 heteroatoms. The SMILES string of the molecule is COc1cc(F)c(O[C@H]2CC[C@@](C)(C(=O)O)CC2)cc1C(=O)N[C@@H]1CC[C@@H]1C(=O)N(F)c1ccc(I)c(C(F)(F)I)c1. The summed E-state index contributed by atoms with van der Waals surface area (Å²) in [7, 11) is 1.26. The van der Waals surface area contributed by atoms with Crippen molar-refractivity contribution in [2.75, 3.05) is 12.2 Å². The van der Waals surface area contributed by atoms with Crippen molar-refractivity contribution in [2.45, 2.75) is 61.5 Å². The van der Waals surface area contributed by atoms with Gasteiger partial charge in [0.25, 0.3) is 11.8 Å². The van der Waals surface area contributed by atoms with Crippen molar-refractivity contribution in [3.8, 4) is 11.5 Å². The van der Waals surface area contributed by atoms with Crippen LogP contribution >= 0.6 is 45.2 Å². The molecule has 2 N–H and O–H groups in total. The molecule has 4 rings (SSSR count). The number of carboxylic acid groups (broad SMARTS) is 1. The maximum Gasteiger partial charge on any atom is 0.322 e. The number of aliphatic carboxylic acids is 1. The molecule has 8 nitrogen and oxygen atoms in total. The van der Waals surface area contributed by atoms with E-state index < -0.39 is 56.6 Å². The largest absolute Gasteiger partial charge is 0.496 e. The van der Waals surface area contributed by atoms with E-state index >= 15 is 4.48 Å². The Kier molecular flexibility index (Phi) is 9.84. The van der Waals surface area contributed by atoms with Crippen molar-refractivity contribution in [1.82, 2.24) is 5.32 Å². The molecule has 0 aliphatic heterocycles. The summed E-state index contributed by atoms with van der Waals surface area (Å²) < 4.78 is 65.7. The third-order valence-corrected chi connectivity index (χ3v) is 9.45. The van der Waals surface area contributed by atoms with Crippen LogP contribution < -0.4 is 19.9 Å². The molecule has 0 saturated heterocycles. The van der Waals surface area contributed by atoms with Crippen LogP contribution in [0.15, 0.2) is 30.3 Å². The summed E-state index contributed by atoms with van der Waals surface area (Å²) in [6, 6.07) is 4.84. The lowest BCUT2D eigenvalue weighted by Crippen LogP contribution is -2.52. The number of anilines is 1. The van der Waals surface area contributed by atoms with Crippen LogP contribution in [0.3, 0.4) is 0 Å². The smallest absolute Gasteiger partial charge is 0.322 e. The van der Waals surface area contributed by atoms with Gasteiger partial charge in [0.05, 0.1) is 35.8 Å².